The van der Waals surface area contributed by atoms with Crippen molar-refractivity contribution in [2.75, 3.05) is 12.3 Å². The van der Waals surface area contributed by atoms with Gasteiger partial charge in [0.2, 0.25) is 5.79 Å². The van der Waals surface area contributed by atoms with Crippen molar-refractivity contribution in [1.29, 1.82) is 0 Å². The molecule has 4 atom stereocenters. The van der Waals surface area contributed by atoms with Crippen molar-refractivity contribution in [3.8, 4) is 0 Å². The first-order chi connectivity index (χ1) is 9.83. The average Bonchev–Trinajstić information content (AvgIpc) is 2.95. The molecule has 1 fully saturated rings. The van der Waals surface area contributed by atoms with Crippen molar-refractivity contribution in [2.45, 2.75) is 30.5 Å². The van der Waals surface area contributed by atoms with E-state index in [2.05, 4.69) is 15.1 Å². The Bertz CT molecular complexity index is 689. The van der Waals surface area contributed by atoms with Gasteiger partial charge in [0.05, 0.1) is 12.8 Å². The number of aliphatic hydroxyl groups excluding tert-OH is 2. The SMILES string of the molecule is C[C@@]1(O)[C@H](O)[C@@H](CO)O[C@@]1(O)c1cnc2c(N)ncnn12. The van der Waals surface area contributed by atoms with Gasteiger partial charge in [0.25, 0.3) is 0 Å². The number of aromatic nitrogens is 4. The largest absolute Gasteiger partial charge is 0.394 e. The van der Waals surface area contributed by atoms with Gasteiger partial charge in [-0.05, 0) is 6.92 Å². The Morgan fingerprint density at radius 1 is 1.43 bits per heavy atom. The Morgan fingerprint density at radius 2 is 2.14 bits per heavy atom. The number of ether oxygens (including phenoxy) is 1. The molecule has 0 aromatic carbocycles. The van der Waals surface area contributed by atoms with Crippen molar-refractivity contribution in [1.82, 2.24) is 19.6 Å². The second kappa shape index (κ2) is 4.32. The van der Waals surface area contributed by atoms with Gasteiger partial charge < -0.3 is 30.9 Å². The van der Waals surface area contributed by atoms with Crippen molar-refractivity contribution >= 4 is 11.5 Å². The zero-order valence-corrected chi connectivity index (χ0v) is 11.1. The van der Waals surface area contributed by atoms with Crippen LogP contribution in [0, 0.1) is 0 Å². The van der Waals surface area contributed by atoms with Crippen molar-refractivity contribution < 1.29 is 25.2 Å². The summed E-state index contributed by atoms with van der Waals surface area (Å²) < 4.78 is 6.42. The minimum absolute atomic E-state index is 0.0356. The molecular formula is C11H15N5O5. The number of rotatable bonds is 2. The summed E-state index contributed by atoms with van der Waals surface area (Å²) in [5, 5.41) is 44.2. The van der Waals surface area contributed by atoms with E-state index in [0.29, 0.717) is 0 Å². The van der Waals surface area contributed by atoms with Crippen LogP contribution in [0.25, 0.3) is 5.65 Å². The smallest absolute Gasteiger partial charge is 0.244 e. The van der Waals surface area contributed by atoms with Gasteiger partial charge in [0, 0.05) is 0 Å². The molecule has 0 amide bonds. The lowest BCUT2D eigenvalue weighted by molar-refractivity contribution is -0.276. The number of nitrogen functional groups attached to an aromatic ring is 1. The molecule has 1 aliphatic rings. The number of hydrogen-bond donors (Lipinski definition) is 5. The van der Waals surface area contributed by atoms with Gasteiger partial charge in [-0.2, -0.15) is 5.10 Å². The monoisotopic (exact) mass is 297 g/mol. The highest BCUT2D eigenvalue weighted by Crippen LogP contribution is 2.45. The summed E-state index contributed by atoms with van der Waals surface area (Å²) in [6, 6.07) is 0. The van der Waals surface area contributed by atoms with Crippen LogP contribution in [0.5, 0.6) is 0 Å². The van der Waals surface area contributed by atoms with Crippen LogP contribution < -0.4 is 5.73 Å². The van der Waals surface area contributed by atoms with Crippen LogP contribution in [0.3, 0.4) is 0 Å². The lowest BCUT2D eigenvalue weighted by Gasteiger charge is -2.33. The fourth-order valence-electron chi connectivity index (χ4n) is 2.49. The molecule has 1 saturated heterocycles. The highest BCUT2D eigenvalue weighted by molar-refractivity contribution is 5.59. The Kier molecular flexibility index (Phi) is 2.90. The minimum Gasteiger partial charge on any atom is -0.394 e. The predicted molar refractivity (Wildman–Crippen MR) is 67.7 cm³/mol. The van der Waals surface area contributed by atoms with Gasteiger partial charge in [-0.3, -0.25) is 0 Å². The second-order valence-corrected chi connectivity index (χ2v) is 5.10. The summed E-state index contributed by atoms with van der Waals surface area (Å²) in [5.74, 6) is -2.24. The first-order valence-corrected chi connectivity index (χ1v) is 6.19. The maximum absolute atomic E-state index is 10.7. The first kappa shape index (κ1) is 14.1. The number of nitrogens with two attached hydrogens (primary N) is 1. The summed E-state index contributed by atoms with van der Waals surface area (Å²) in [6.45, 7) is 0.616. The summed E-state index contributed by atoms with van der Waals surface area (Å²) in [4.78, 5) is 7.73. The van der Waals surface area contributed by atoms with E-state index in [-0.39, 0.29) is 17.2 Å². The van der Waals surface area contributed by atoms with Crippen LogP contribution in [-0.2, 0) is 10.5 Å². The lowest BCUT2D eigenvalue weighted by Crippen LogP contribution is -2.53. The summed E-state index contributed by atoms with van der Waals surface area (Å²) in [7, 11) is 0. The highest BCUT2D eigenvalue weighted by Gasteiger charge is 2.64. The summed E-state index contributed by atoms with van der Waals surface area (Å²) in [6.07, 6.45) is -0.297. The average molecular weight is 297 g/mol. The van der Waals surface area contributed by atoms with Crippen molar-refractivity contribution in [3.05, 3.63) is 18.2 Å². The molecule has 21 heavy (non-hydrogen) atoms. The minimum atomic E-state index is -2.32. The number of nitrogens with zero attached hydrogens (tertiary/aromatic N) is 4. The van der Waals surface area contributed by atoms with E-state index in [0.717, 1.165) is 10.8 Å². The molecule has 3 heterocycles. The van der Waals surface area contributed by atoms with E-state index in [1.165, 1.54) is 13.1 Å². The van der Waals surface area contributed by atoms with E-state index in [9.17, 15) is 20.4 Å². The van der Waals surface area contributed by atoms with Gasteiger partial charge >= 0.3 is 0 Å². The zero-order chi connectivity index (χ0) is 15.4. The molecule has 0 spiro atoms. The number of fused-ring (bicyclic) bond motifs is 1. The summed E-state index contributed by atoms with van der Waals surface area (Å²) in [5.41, 5.74) is 3.70. The molecule has 0 radical (unpaired) electrons. The fourth-order valence-corrected chi connectivity index (χ4v) is 2.49. The van der Waals surface area contributed by atoms with E-state index >= 15 is 0 Å². The van der Waals surface area contributed by atoms with Gasteiger partial charge in [-0.1, -0.05) is 0 Å². The maximum atomic E-state index is 10.7. The molecule has 2 aromatic rings. The van der Waals surface area contributed by atoms with Crippen LogP contribution in [0.2, 0.25) is 0 Å². The van der Waals surface area contributed by atoms with Gasteiger partial charge in [0.15, 0.2) is 11.5 Å². The van der Waals surface area contributed by atoms with Crippen LogP contribution in [0.15, 0.2) is 12.5 Å². The summed E-state index contributed by atoms with van der Waals surface area (Å²) >= 11 is 0. The molecule has 6 N–H and O–H groups in total. The van der Waals surface area contributed by atoms with Crippen LogP contribution in [-0.4, -0.2) is 64.4 Å². The van der Waals surface area contributed by atoms with Gasteiger partial charge in [-0.15, -0.1) is 0 Å². The number of imidazole rings is 1. The molecule has 10 heteroatoms. The standard InChI is InChI=1S/C11H15N5O5/c1-10(19)7(18)5(3-17)21-11(10,20)6-2-13-9-8(12)14-4-15-16(6)9/h2,4-5,7,17-20H,3H2,1H3,(H2,12,14,15)/t5-,7-,10-,11+/m1/s1. The molecule has 1 aliphatic heterocycles. The highest BCUT2D eigenvalue weighted by atomic mass is 16.7. The fraction of sp³-hybridized carbons (Fsp3) is 0.545. The van der Waals surface area contributed by atoms with E-state index < -0.39 is 30.2 Å². The number of anilines is 1. The van der Waals surface area contributed by atoms with Gasteiger partial charge in [0.1, 0.15) is 29.8 Å². The predicted octanol–water partition coefficient (Wildman–Crippen LogP) is -2.65. The van der Waals surface area contributed by atoms with E-state index in [1.54, 1.807) is 0 Å². The second-order valence-electron chi connectivity index (χ2n) is 5.10. The Balaban J connectivity index is 2.19. The third-order valence-corrected chi connectivity index (χ3v) is 3.79. The molecule has 2 aromatic heterocycles. The zero-order valence-electron chi connectivity index (χ0n) is 11.1. The van der Waals surface area contributed by atoms with Gasteiger partial charge in [-0.25, -0.2) is 14.5 Å². The van der Waals surface area contributed by atoms with E-state index in [4.69, 9.17) is 10.5 Å². The molecule has 0 saturated carbocycles. The van der Waals surface area contributed by atoms with Crippen molar-refractivity contribution in [2.24, 2.45) is 0 Å². The Hall–Kier alpha value is -1.85. The van der Waals surface area contributed by atoms with Crippen molar-refractivity contribution in [3.63, 3.8) is 0 Å². The Labute approximate surface area is 118 Å². The number of hydrogen-bond acceptors (Lipinski definition) is 9. The normalized spacial score (nSPS) is 36.4. The molecule has 0 bridgehead atoms. The molecule has 3 rings (SSSR count). The van der Waals surface area contributed by atoms with E-state index in [1.807, 2.05) is 0 Å². The molecule has 114 valence electrons. The molecule has 10 nitrogen and oxygen atoms in total. The first-order valence-electron chi connectivity index (χ1n) is 6.19. The molecule has 0 aliphatic carbocycles. The van der Waals surface area contributed by atoms with Crippen LogP contribution in [0.4, 0.5) is 5.82 Å². The molecule has 0 unspecified atom stereocenters. The Morgan fingerprint density at radius 3 is 2.76 bits per heavy atom. The number of aliphatic hydroxyl groups is 4. The maximum Gasteiger partial charge on any atom is 0.244 e. The lowest BCUT2D eigenvalue weighted by atomic mass is 9.88. The molecular weight excluding hydrogens is 282 g/mol. The van der Waals surface area contributed by atoms with Crippen LogP contribution >= 0.6 is 0 Å². The topological polar surface area (TPSA) is 159 Å². The quantitative estimate of drug-likeness (QED) is 0.399. The third kappa shape index (κ3) is 1.68. The third-order valence-electron chi connectivity index (χ3n) is 3.79. The van der Waals surface area contributed by atoms with Crippen LogP contribution in [0.1, 0.15) is 12.6 Å².